The Bertz CT molecular complexity index is 1170. The maximum Gasteiger partial charge on any atom is 0.328 e. The van der Waals surface area contributed by atoms with Crippen molar-refractivity contribution in [3.63, 3.8) is 0 Å². The fourth-order valence-corrected chi connectivity index (χ4v) is 3.77. The summed E-state index contributed by atoms with van der Waals surface area (Å²) in [7, 11) is 0. The van der Waals surface area contributed by atoms with Crippen LogP contribution >= 0.6 is 0 Å². The van der Waals surface area contributed by atoms with Crippen LogP contribution < -0.4 is 21.7 Å². The van der Waals surface area contributed by atoms with E-state index >= 15 is 0 Å². The van der Waals surface area contributed by atoms with Crippen LogP contribution in [0.15, 0.2) is 54.6 Å². The number of phenolic OH excluding ortho intramolecular Hbond substituents is 1. The highest BCUT2D eigenvalue weighted by Gasteiger charge is 2.32. The number of aliphatic carboxylic acids is 2. The molecule has 0 saturated heterocycles. The standard InChI is InChI=1S/C27H34N4O9/c1-15(32)23(27(39)40)31-26(38)21(14-16-5-3-2-4-6-16)30-25(37)20(11-12-22(34)35)29-24(36)19(28)13-17-7-9-18(33)10-8-17/h2-10,15,19-21,23,32-33H,11-14,28H2,1H3,(H,29,36)(H,30,37)(H,31,38)(H,34,35)(H,39,40). The van der Waals surface area contributed by atoms with Crippen molar-refractivity contribution in [2.45, 2.75) is 62.9 Å². The smallest absolute Gasteiger partial charge is 0.328 e. The molecule has 0 aromatic heterocycles. The van der Waals surface area contributed by atoms with E-state index in [1.165, 1.54) is 19.1 Å². The number of rotatable bonds is 15. The number of nitrogens with one attached hydrogen (secondary N) is 3. The minimum atomic E-state index is -1.65. The van der Waals surface area contributed by atoms with Gasteiger partial charge in [0.05, 0.1) is 12.1 Å². The average molecular weight is 559 g/mol. The number of carbonyl (C=O) groups excluding carboxylic acids is 3. The van der Waals surface area contributed by atoms with E-state index in [9.17, 15) is 39.3 Å². The molecule has 0 aliphatic heterocycles. The highest BCUT2D eigenvalue weighted by atomic mass is 16.4. The van der Waals surface area contributed by atoms with Crippen LogP contribution in [0.3, 0.4) is 0 Å². The Kier molecular flexibility index (Phi) is 12.0. The van der Waals surface area contributed by atoms with Crippen LogP contribution in [0.2, 0.25) is 0 Å². The molecular formula is C27H34N4O9. The molecule has 0 bridgehead atoms. The zero-order valence-corrected chi connectivity index (χ0v) is 21.8. The van der Waals surface area contributed by atoms with Gasteiger partial charge in [-0.1, -0.05) is 42.5 Å². The number of aromatic hydroxyl groups is 1. The second kappa shape index (κ2) is 15.2. The quantitative estimate of drug-likeness (QED) is 0.137. The van der Waals surface area contributed by atoms with Gasteiger partial charge in [0.2, 0.25) is 17.7 Å². The van der Waals surface area contributed by atoms with Crippen molar-refractivity contribution >= 4 is 29.7 Å². The van der Waals surface area contributed by atoms with E-state index in [-0.39, 0.29) is 25.0 Å². The van der Waals surface area contributed by atoms with Gasteiger partial charge in [0, 0.05) is 12.8 Å². The van der Waals surface area contributed by atoms with Gasteiger partial charge in [0.25, 0.3) is 0 Å². The van der Waals surface area contributed by atoms with Crippen molar-refractivity contribution in [2.24, 2.45) is 5.73 Å². The SMILES string of the molecule is CC(O)C(NC(=O)C(Cc1ccccc1)NC(=O)C(CCC(=O)O)NC(=O)C(N)Cc1ccc(O)cc1)C(=O)O. The third kappa shape index (κ3) is 10.3. The van der Waals surface area contributed by atoms with Crippen LogP contribution in [0, 0.1) is 0 Å². The summed E-state index contributed by atoms with van der Waals surface area (Å²) in [6, 6.07) is 9.02. The molecule has 5 unspecified atom stereocenters. The van der Waals surface area contributed by atoms with Crippen molar-refractivity contribution < 1.29 is 44.4 Å². The minimum Gasteiger partial charge on any atom is -0.508 e. The molecule has 0 aliphatic carbocycles. The summed E-state index contributed by atoms with van der Waals surface area (Å²) < 4.78 is 0. The van der Waals surface area contributed by atoms with Crippen molar-refractivity contribution in [3.05, 3.63) is 65.7 Å². The van der Waals surface area contributed by atoms with Gasteiger partial charge in [0.1, 0.15) is 17.8 Å². The van der Waals surface area contributed by atoms with Gasteiger partial charge in [0.15, 0.2) is 6.04 Å². The highest BCUT2D eigenvalue weighted by molar-refractivity contribution is 5.94. The first-order chi connectivity index (χ1) is 18.9. The molecule has 5 atom stereocenters. The largest absolute Gasteiger partial charge is 0.508 e. The van der Waals surface area contributed by atoms with Crippen molar-refractivity contribution in [1.82, 2.24) is 16.0 Å². The van der Waals surface area contributed by atoms with Crippen LogP contribution in [0.5, 0.6) is 5.75 Å². The van der Waals surface area contributed by atoms with Gasteiger partial charge in [-0.25, -0.2) is 4.79 Å². The van der Waals surface area contributed by atoms with E-state index in [4.69, 9.17) is 10.8 Å². The van der Waals surface area contributed by atoms with Gasteiger partial charge >= 0.3 is 11.9 Å². The topological polar surface area (TPSA) is 228 Å². The molecule has 2 aromatic carbocycles. The number of carboxylic acids is 2. The lowest BCUT2D eigenvalue weighted by atomic mass is 10.0. The molecule has 2 rings (SSSR count). The predicted octanol–water partition coefficient (Wildman–Crippen LogP) is -0.711. The van der Waals surface area contributed by atoms with E-state index in [0.717, 1.165) is 0 Å². The van der Waals surface area contributed by atoms with Crippen LogP contribution in [-0.4, -0.2) is 80.4 Å². The number of amides is 3. The van der Waals surface area contributed by atoms with Gasteiger partial charge in [-0.15, -0.1) is 0 Å². The summed E-state index contributed by atoms with van der Waals surface area (Å²) in [5.41, 5.74) is 7.24. The first kappa shape index (κ1) is 31.7. The monoisotopic (exact) mass is 558 g/mol. The Balaban J connectivity index is 2.22. The van der Waals surface area contributed by atoms with Crippen LogP contribution in [0.4, 0.5) is 0 Å². The van der Waals surface area contributed by atoms with E-state index in [0.29, 0.717) is 11.1 Å². The number of nitrogens with two attached hydrogens (primary N) is 1. The number of phenols is 1. The van der Waals surface area contributed by atoms with Crippen molar-refractivity contribution in [2.75, 3.05) is 0 Å². The van der Waals surface area contributed by atoms with E-state index < -0.39 is 66.4 Å². The van der Waals surface area contributed by atoms with Gasteiger partial charge in [-0.2, -0.15) is 0 Å². The Morgan fingerprint density at radius 3 is 1.88 bits per heavy atom. The van der Waals surface area contributed by atoms with E-state index in [2.05, 4.69) is 16.0 Å². The summed E-state index contributed by atoms with van der Waals surface area (Å²) in [6.07, 6.45) is -2.24. The third-order valence-corrected chi connectivity index (χ3v) is 5.97. The van der Waals surface area contributed by atoms with E-state index in [1.54, 1.807) is 42.5 Å². The molecule has 0 fully saturated rings. The first-order valence-electron chi connectivity index (χ1n) is 12.5. The second-order valence-electron chi connectivity index (χ2n) is 9.29. The lowest BCUT2D eigenvalue weighted by Crippen LogP contribution is -2.59. The average Bonchev–Trinajstić information content (AvgIpc) is 2.90. The zero-order valence-electron chi connectivity index (χ0n) is 21.8. The maximum absolute atomic E-state index is 13.2. The lowest BCUT2D eigenvalue weighted by molar-refractivity contribution is -0.145. The number of hydrogen-bond donors (Lipinski definition) is 8. The third-order valence-electron chi connectivity index (χ3n) is 5.97. The summed E-state index contributed by atoms with van der Waals surface area (Å²) >= 11 is 0. The lowest BCUT2D eigenvalue weighted by Gasteiger charge is -2.26. The van der Waals surface area contributed by atoms with E-state index in [1.807, 2.05) is 0 Å². The van der Waals surface area contributed by atoms with Gasteiger partial charge in [-0.05, 0) is 43.0 Å². The summed E-state index contributed by atoms with van der Waals surface area (Å²) in [6.45, 7) is 1.18. The summed E-state index contributed by atoms with van der Waals surface area (Å²) in [5, 5.41) is 44.8. The fraction of sp³-hybridized carbons (Fsp3) is 0.370. The summed E-state index contributed by atoms with van der Waals surface area (Å²) in [4.78, 5) is 61.7. The number of hydrogen-bond acceptors (Lipinski definition) is 8. The predicted molar refractivity (Wildman–Crippen MR) is 142 cm³/mol. The molecular weight excluding hydrogens is 524 g/mol. The molecule has 0 saturated carbocycles. The number of carbonyl (C=O) groups is 5. The fourth-order valence-electron chi connectivity index (χ4n) is 3.77. The minimum absolute atomic E-state index is 0.0318. The molecule has 0 aliphatic rings. The molecule has 216 valence electrons. The Morgan fingerprint density at radius 2 is 1.32 bits per heavy atom. The van der Waals surface area contributed by atoms with Crippen molar-refractivity contribution in [3.8, 4) is 5.75 Å². The number of aliphatic hydroxyl groups is 1. The first-order valence-corrected chi connectivity index (χ1v) is 12.5. The number of aliphatic hydroxyl groups excluding tert-OH is 1. The molecule has 0 radical (unpaired) electrons. The maximum atomic E-state index is 13.2. The number of carboxylic acid groups (broad SMARTS) is 2. The van der Waals surface area contributed by atoms with Gasteiger partial charge in [-0.3, -0.25) is 19.2 Å². The number of benzene rings is 2. The Hall–Kier alpha value is -4.49. The molecule has 13 nitrogen and oxygen atoms in total. The molecule has 0 heterocycles. The molecule has 40 heavy (non-hydrogen) atoms. The highest BCUT2D eigenvalue weighted by Crippen LogP contribution is 2.12. The van der Waals surface area contributed by atoms with Gasteiger partial charge < -0.3 is 42.1 Å². The molecule has 3 amide bonds. The Labute approximate surface area is 230 Å². The molecule has 0 spiro atoms. The second-order valence-corrected chi connectivity index (χ2v) is 9.29. The van der Waals surface area contributed by atoms with Crippen LogP contribution in [-0.2, 0) is 36.8 Å². The van der Waals surface area contributed by atoms with Crippen molar-refractivity contribution in [1.29, 1.82) is 0 Å². The van der Waals surface area contributed by atoms with Crippen LogP contribution in [0.1, 0.15) is 30.9 Å². The molecule has 9 N–H and O–H groups in total. The van der Waals surface area contributed by atoms with Crippen LogP contribution in [0.25, 0.3) is 0 Å². The molecule has 13 heteroatoms. The summed E-state index contributed by atoms with van der Waals surface area (Å²) in [5.74, 6) is -5.21. The Morgan fingerprint density at radius 1 is 0.775 bits per heavy atom. The normalized spacial score (nSPS) is 14.6. The zero-order chi connectivity index (χ0) is 29.8. The molecule has 2 aromatic rings.